The van der Waals surface area contributed by atoms with Crippen molar-refractivity contribution in [1.82, 2.24) is 4.98 Å². The number of carbonyl (C=O) groups excluding carboxylic acids is 1. The molecule has 522 valence electrons. The van der Waals surface area contributed by atoms with Crippen LogP contribution in [0.3, 0.4) is 0 Å². The van der Waals surface area contributed by atoms with E-state index in [1.54, 1.807) is 26.0 Å². The van der Waals surface area contributed by atoms with Gasteiger partial charge in [0.25, 0.3) is 0 Å². The smallest absolute Gasteiger partial charge is 0.323 e. The molecule has 1 aromatic heterocycles. The van der Waals surface area contributed by atoms with E-state index in [1.165, 1.54) is 26.0 Å². The van der Waals surface area contributed by atoms with Gasteiger partial charge < -0.3 is 134 Å². The van der Waals surface area contributed by atoms with Crippen LogP contribution < -0.4 is 63.1 Å². The molecule has 1 amide bonds. The number of aromatic amines is 1. The summed E-state index contributed by atoms with van der Waals surface area (Å²) in [6.07, 6.45) is 2.08. The summed E-state index contributed by atoms with van der Waals surface area (Å²) in [4.78, 5) is 113. The van der Waals surface area contributed by atoms with Gasteiger partial charge in [-0.2, -0.15) is 0 Å². The lowest BCUT2D eigenvalue weighted by molar-refractivity contribution is -0.141. The van der Waals surface area contributed by atoms with Crippen molar-refractivity contribution in [3.05, 3.63) is 102 Å². The molecule has 4 rings (SSSR count). The lowest BCUT2D eigenvalue weighted by Gasteiger charge is -2.07. The molecule has 0 saturated heterocycles. The minimum atomic E-state index is -1.21. The zero-order valence-electron chi connectivity index (χ0n) is 51.6. The third-order valence-corrected chi connectivity index (χ3v) is 10.4. The van der Waals surface area contributed by atoms with Gasteiger partial charge in [0, 0.05) is 23.5 Å². The molecule has 10 atom stereocenters. The predicted octanol–water partition coefficient (Wildman–Crippen LogP) is -3.50. The average Bonchev–Trinajstić information content (AvgIpc) is 1.90. The van der Waals surface area contributed by atoms with Crippen LogP contribution in [0.2, 0.25) is 0 Å². The molecule has 0 bridgehead atoms. The number of hydrogen-bond donors (Lipinski definition) is 25. The number of benzene rings is 3. The first-order valence-electron chi connectivity index (χ1n) is 27.0. The zero-order chi connectivity index (χ0) is 73.3. The van der Waals surface area contributed by atoms with E-state index in [4.69, 9.17) is 118 Å². The lowest BCUT2D eigenvalue weighted by atomic mass is 10.1. The van der Waals surface area contributed by atoms with Crippen molar-refractivity contribution < 1.29 is 119 Å². The van der Waals surface area contributed by atoms with Crippen LogP contribution in [0.15, 0.2) is 85.1 Å². The highest BCUT2D eigenvalue weighted by molar-refractivity contribution is 5.85. The van der Waals surface area contributed by atoms with Gasteiger partial charge in [-0.05, 0) is 79.8 Å². The minimum Gasteiger partial charge on any atom is -0.508 e. The number of nitrogens with two attached hydrogens (primary N) is 11. The zero-order valence-corrected chi connectivity index (χ0v) is 51.6. The van der Waals surface area contributed by atoms with Crippen molar-refractivity contribution in [2.24, 2.45) is 74.9 Å². The molecule has 92 heavy (non-hydrogen) atoms. The molecular formula is C56H94N12O24. The van der Waals surface area contributed by atoms with E-state index in [1.807, 2.05) is 74.6 Å². The SMILES string of the molecule is CC(C)C[C@@H](N)C(=O)O.CC(C)[C@@H](N)C(=O)O.C[C@@H](N)C(=O)O.C[C@H](O)[C@@H](N)C(=O)O.NC(=O)C[C@@H](N)C(=O)O.NCC(=O)O.N[C@H](CO)C(=O)O.N[C@H](Cc1c[nH]c2ccccc12)C(=O)O.N[C@H](Cc1ccc(O)cc1)C(=O)O.N[C@H](Cc1ccccc1)C(=O)O. The Morgan fingerprint density at radius 3 is 1.07 bits per heavy atom. The van der Waals surface area contributed by atoms with Crippen molar-refractivity contribution in [1.29, 1.82) is 0 Å². The first-order chi connectivity index (χ1) is 42.2. The number of aliphatic carboxylic acids is 10. The molecule has 0 fully saturated rings. The molecule has 36 N–H and O–H groups in total. The maximum Gasteiger partial charge on any atom is 0.323 e. The summed E-state index contributed by atoms with van der Waals surface area (Å²) in [6, 6.07) is 15.3. The number of primary amides is 1. The molecule has 0 spiro atoms. The fraction of sp³-hybridized carbons (Fsp3) is 0.446. The molecular weight excluding hydrogens is 1220 g/mol. The minimum absolute atomic E-state index is 0.0208. The Morgan fingerprint density at radius 1 is 0.457 bits per heavy atom. The molecule has 0 aliphatic heterocycles. The van der Waals surface area contributed by atoms with Gasteiger partial charge in [-0.3, -0.25) is 52.7 Å². The Bertz CT molecular complexity index is 2750. The van der Waals surface area contributed by atoms with Crippen LogP contribution in [-0.4, -0.2) is 211 Å². The first kappa shape index (κ1) is 93.8. The summed E-state index contributed by atoms with van der Waals surface area (Å²) >= 11 is 0. The number of rotatable bonds is 23. The molecule has 0 radical (unpaired) electrons. The fourth-order valence-corrected chi connectivity index (χ4v) is 5.04. The van der Waals surface area contributed by atoms with Gasteiger partial charge in [0.1, 0.15) is 60.1 Å². The number of nitrogens with one attached hydrogen (secondary N) is 1. The van der Waals surface area contributed by atoms with Gasteiger partial charge in [-0.1, -0.05) is 88.4 Å². The number of phenols is 1. The molecule has 0 aliphatic rings. The highest BCUT2D eigenvalue weighted by Crippen LogP contribution is 2.19. The highest BCUT2D eigenvalue weighted by Gasteiger charge is 2.18. The Kier molecular flexibility index (Phi) is 54.6. The third-order valence-electron chi connectivity index (χ3n) is 10.4. The van der Waals surface area contributed by atoms with Crippen LogP contribution in [0, 0.1) is 11.8 Å². The summed E-state index contributed by atoms with van der Waals surface area (Å²) in [5, 5.41) is 108. The van der Waals surface area contributed by atoms with Crippen molar-refractivity contribution >= 4 is 76.5 Å². The topological polar surface area (TPSA) is 753 Å². The number of fused-ring (bicyclic) bond motifs is 1. The van der Waals surface area contributed by atoms with Crippen LogP contribution >= 0.6 is 0 Å². The number of aromatic hydroxyl groups is 1. The van der Waals surface area contributed by atoms with Crippen LogP contribution in [-0.2, 0) is 72.0 Å². The van der Waals surface area contributed by atoms with E-state index < -0.39 is 133 Å². The number of amides is 1. The Hall–Kier alpha value is -9.31. The van der Waals surface area contributed by atoms with Gasteiger partial charge in [0.05, 0.1) is 25.7 Å². The summed E-state index contributed by atoms with van der Waals surface area (Å²) in [5.41, 5.74) is 58.9. The van der Waals surface area contributed by atoms with Crippen LogP contribution in [0.1, 0.15) is 71.1 Å². The number of aromatic nitrogens is 1. The van der Waals surface area contributed by atoms with Gasteiger partial charge in [-0.25, -0.2) is 0 Å². The maximum absolute atomic E-state index is 10.6. The molecule has 1 heterocycles. The Labute approximate surface area is 528 Å². The number of aliphatic hydroxyl groups excluding tert-OH is 2. The maximum atomic E-state index is 10.6. The summed E-state index contributed by atoms with van der Waals surface area (Å²) in [6.45, 7) is 9.42. The summed E-state index contributed by atoms with van der Waals surface area (Å²) in [7, 11) is 0. The molecule has 0 unspecified atom stereocenters. The molecule has 4 aromatic rings. The molecule has 0 aliphatic carbocycles. The number of carbonyl (C=O) groups is 11. The van der Waals surface area contributed by atoms with E-state index >= 15 is 0 Å². The van der Waals surface area contributed by atoms with Crippen molar-refractivity contribution in [3.8, 4) is 5.75 Å². The number of hydrogen-bond acceptors (Lipinski definition) is 24. The second-order valence-corrected chi connectivity index (χ2v) is 19.7. The standard InChI is InChI=1S/C11H12N2O2.C9H11NO3.C9H11NO2.C6H13NO2.C5H11NO2.C4H8N2O3.C4H9NO3.C3H7NO3.C3H7NO2.C2H5NO2/c12-9(11(14)15)5-7-6-13-10-4-2-1-3-8(7)10;10-8(9(12)13)5-6-1-3-7(11)4-2-6;10-8(9(11)12)6-7-4-2-1-3-5-7;1-4(2)3-5(7)6(8)9;1-3(2)4(6)5(7)8;5-2(4(8)9)1-3(6)7;1-2(6)3(5)4(7)8;4-2(1-5)3(6)7;1-2(4)3(5)6;3-1-2(4)5/h1-4,6,9,13H,5,12H2,(H,14,15);1-4,8,11H,5,10H2,(H,12,13);1-5,8H,6,10H2,(H,11,12);4-5H,3,7H2,1-2H3,(H,8,9);3-4H,6H2,1-2H3,(H,7,8);2H,1,5H2,(H2,6,7)(H,8,9);2-3,6H,5H2,1H3,(H,7,8);2,5H,1,4H2,(H,6,7);2H,4H2,1H3,(H,5,6);1,3H2,(H,4,5)/t9-;2*8-;5-;4-;2-;2-,3+;2*2-;/m111111011./s1. The van der Waals surface area contributed by atoms with Crippen molar-refractivity contribution in [2.45, 2.75) is 134 Å². The van der Waals surface area contributed by atoms with E-state index in [9.17, 15) is 52.7 Å². The van der Waals surface area contributed by atoms with Crippen LogP contribution in [0.5, 0.6) is 5.75 Å². The van der Waals surface area contributed by atoms with Gasteiger partial charge in [0.2, 0.25) is 5.91 Å². The van der Waals surface area contributed by atoms with E-state index in [-0.39, 0.29) is 31.1 Å². The van der Waals surface area contributed by atoms with Gasteiger partial charge >= 0.3 is 59.7 Å². The van der Waals surface area contributed by atoms with Crippen molar-refractivity contribution in [3.63, 3.8) is 0 Å². The number of para-hydroxylation sites is 1. The van der Waals surface area contributed by atoms with Gasteiger partial charge in [-0.15, -0.1) is 0 Å². The van der Waals surface area contributed by atoms with E-state index in [0.29, 0.717) is 25.2 Å². The lowest BCUT2D eigenvalue weighted by Crippen LogP contribution is -2.39. The van der Waals surface area contributed by atoms with Gasteiger partial charge in [0.15, 0.2) is 0 Å². The number of phenolic OH excluding ortho intramolecular Hbond substituents is 1. The second-order valence-electron chi connectivity index (χ2n) is 19.7. The fourth-order valence-electron chi connectivity index (χ4n) is 5.04. The number of carboxylic acid groups (broad SMARTS) is 10. The molecule has 36 nitrogen and oxygen atoms in total. The Morgan fingerprint density at radius 2 is 0.815 bits per heavy atom. The average molecular weight is 1320 g/mol. The quantitative estimate of drug-likeness (QED) is 0.0343. The monoisotopic (exact) mass is 1320 g/mol. The molecule has 36 heteroatoms. The molecule has 3 aromatic carbocycles. The summed E-state index contributed by atoms with van der Waals surface area (Å²) in [5.74, 6) is -10.5. The normalized spacial score (nSPS) is 13.1. The first-order valence-corrected chi connectivity index (χ1v) is 27.0. The second kappa shape index (κ2) is 53.5. The Balaban J connectivity index is -0.000000227. The molecule has 0 saturated carbocycles. The van der Waals surface area contributed by atoms with Crippen LogP contribution in [0.25, 0.3) is 10.9 Å². The third kappa shape index (κ3) is 54.8. The largest absolute Gasteiger partial charge is 0.508 e. The van der Waals surface area contributed by atoms with Crippen LogP contribution in [0.4, 0.5) is 0 Å². The summed E-state index contributed by atoms with van der Waals surface area (Å²) < 4.78 is 0. The van der Waals surface area contributed by atoms with E-state index in [0.717, 1.165) is 27.6 Å². The predicted molar refractivity (Wildman–Crippen MR) is 334 cm³/mol. The van der Waals surface area contributed by atoms with E-state index in [2.05, 4.69) is 16.5 Å². The number of carboxylic acids is 10. The number of aliphatic hydroxyl groups is 2. The highest BCUT2D eigenvalue weighted by atomic mass is 16.4. The number of H-pyrrole nitrogens is 1. The van der Waals surface area contributed by atoms with Crippen molar-refractivity contribution in [2.75, 3.05) is 13.2 Å².